The summed E-state index contributed by atoms with van der Waals surface area (Å²) in [6, 6.07) is 4.80. The van der Waals surface area contributed by atoms with E-state index in [0.29, 0.717) is 39.7 Å². The standard InChI is InChI=1S/C21H22ClN7OS/c1-9-24-14-5-4-13(16(22)19(14)31-9)17-18-20(28-27-17)26-21(15(8-30)25-18)29-11-2-3-12(29)7-10(23)6-11/h4-5,10-12,30H,2-3,6-8,23H2,1H3,(H,26,27,28)/t10?,11-,12+. The van der Waals surface area contributed by atoms with Crippen molar-refractivity contribution in [2.24, 2.45) is 5.73 Å². The molecule has 5 heterocycles. The number of aromatic nitrogens is 5. The molecular weight excluding hydrogens is 434 g/mol. The van der Waals surface area contributed by atoms with Gasteiger partial charge in [-0.3, -0.25) is 5.10 Å². The second-order valence-corrected chi connectivity index (χ2v) is 10.0. The summed E-state index contributed by atoms with van der Waals surface area (Å²) in [5.74, 6) is 0.729. The molecule has 2 saturated heterocycles. The molecular formula is C21H22ClN7OS. The molecule has 31 heavy (non-hydrogen) atoms. The molecule has 2 aliphatic heterocycles. The number of aliphatic hydroxyl groups is 1. The fourth-order valence-corrected chi connectivity index (χ4v) is 6.42. The molecule has 3 atom stereocenters. The number of hydrogen-bond acceptors (Lipinski definition) is 8. The summed E-state index contributed by atoms with van der Waals surface area (Å²) in [5.41, 5.74) is 10.3. The molecule has 10 heteroatoms. The average Bonchev–Trinajstić information content (AvgIpc) is 3.41. The largest absolute Gasteiger partial charge is 0.390 e. The number of nitrogens with zero attached hydrogens (tertiary/aromatic N) is 5. The van der Waals surface area contributed by atoms with Gasteiger partial charge in [0.25, 0.3) is 0 Å². The first-order valence-electron chi connectivity index (χ1n) is 10.5. The summed E-state index contributed by atoms with van der Waals surface area (Å²) < 4.78 is 0.938. The monoisotopic (exact) mass is 455 g/mol. The molecule has 4 aromatic rings. The molecule has 0 radical (unpaired) electrons. The number of nitrogens with two attached hydrogens (primary N) is 1. The number of piperidine rings is 1. The number of aromatic amines is 1. The van der Waals surface area contributed by atoms with Crippen LogP contribution in [-0.4, -0.2) is 48.4 Å². The van der Waals surface area contributed by atoms with Crippen molar-refractivity contribution >= 4 is 50.1 Å². The third kappa shape index (κ3) is 2.95. The summed E-state index contributed by atoms with van der Waals surface area (Å²) in [6.07, 6.45) is 4.07. The molecule has 1 aromatic carbocycles. The van der Waals surface area contributed by atoms with Crippen LogP contribution in [0.3, 0.4) is 0 Å². The number of benzene rings is 1. The maximum atomic E-state index is 10.1. The highest BCUT2D eigenvalue weighted by Gasteiger charge is 2.41. The molecule has 8 nitrogen and oxygen atoms in total. The van der Waals surface area contributed by atoms with Crippen LogP contribution in [0.5, 0.6) is 0 Å². The minimum atomic E-state index is -0.189. The van der Waals surface area contributed by atoms with Crippen molar-refractivity contribution in [1.82, 2.24) is 25.1 Å². The number of aryl methyl sites for hydroxylation is 1. The highest BCUT2D eigenvalue weighted by molar-refractivity contribution is 7.19. The second-order valence-electron chi connectivity index (χ2n) is 8.45. The smallest absolute Gasteiger partial charge is 0.202 e. The first kappa shape index (κ1) is 19.4. The average molecular weight is 456 g/mol. The predicted octanol–water partition coefficient (Wildman–Crippen LogP) is 3.54. The van der Waals surface area contributed by atoms with Gasteiger partial charge in [-0.1, -0.05) is 11.6 Å². The van der Waals surface area contributed by atoms with Gasteiger partial charge in [0.15, 0.2) is 5.82 Å². The molecule has 0 saturated carbocycles. The lowest BCUT2D eigenvalue weighted by atomic mass is 9.98. The molecule has 160 valence electrons. The summed E-state index contributed by atoms with van der Waals surface area (Å²) >= 11 is 8.30. The molecule has 2 aliphatic rings. The van der Waals surface area contributed by atoms with Crippen molar-refractivity contribution in [3.8, 4) is 11.3 Å². The van der Waals surface area contributed by atoms with Crippen LogP contribution in [0.4, 0.5) is 5.82 Å². The van der Waals surface area contributed by atoms with Crippen LogP contribution in [0.25, 0.3) is 32.6 Å². The number of halogens is 1. The van der Waals surface area contributed by atoms with Crippen molar-refractivity contribution in [3.05, 3.63) is 27.9 Å². The van der Waals surface area contributed by atoms with E-state index in [2.05, 4.69) is 20.1 Å². The van der Waals surface area contributed by atoms with Gasteiger partial charge in [-0.2, -0.15) is 5.10 Å². The Bertz CT molecular complexity index is 1300. The van der Waals surface area contributed by atoms with Crippen LogP contribution < -0.4 is 10.6 Å². The Morgan fingerprint density at radius 3 is 2.74 bits per heavy atom. The van der Waals surface area contributed by atoms with Gasteiger partial charge in [-0.15, -0.1) is 11.3 Å². The molecule has 3 aromatic heterocycles. The normalized spacial score (nSPS) is 23.4. The van der Waals surface area contributed by atoms with Gasteiger partial charge in [-0.25, -0.2) is 15.0 Å². The highest BCUT2D eigenvalue weighted by atomic mass is 35.5. The van der Waals surface area contributed by atoms with Crippen molar-refractivity contribution < 1.29 is 5.11 Å². The Kier molecular flexibility index (Phi) is 4.43. The Labute approximate surface area is 187 Å². The predicted molar refractivity (Wildman–Crippen MR) is 122 cm³/mol. The summed E-state index contributed by atoms with van der Waals surface area (Å²) in [4.78, 5) is 16.5. The number of aliphatic hydroxyl groups excluding tert-OH is 1. The Morgan fingerprint density at radius 1 is 1.23 bits per heavy atom. The van der Waals surface area contributed by atoms with Crippen LogP contribution in [-0.2, 0) is 6.61 Å². The van der Waals surface area contributed by atoms with Crippen molar-refractivity contribution in [1.29, 1.82) is 0 Å². The molecule has 0 amide bonds. The first-order valence-corrected chi connectivity index (χ1v) is 11.7. The van der Waals surface area contributed by atoms with Gasteiger partial charge in [-0.05, 0) is 44.7 Å². The SMILES string of the molecule is Cc1nc2ccc(-c3[nH]nc4nc(N5[C@@H]6CC[C@H]5CC(N)C6)c(CO)nc34)c(Cl)c2s1. The number of rotatable bonds is 3. The van der Waals surface area contributed by atoms with E-state index >= 15 is 0 Å². The quantitative estimate of drug-likeness (QED) is 0.432. The van der Waals surface area contributed by atoms with Crippen molar-refractivity contribution in [2.75, 3.05) is 4.90 Å². The summed E-state index contributed by atoms with van der Waals surface area (Å²) in [5, 5.41) is 19.2. The van der Waals surface area contributed by atoms with Gasteiger partial charge in [0.05, 0.1) is 32.5 Å². The molecule has 6 rings (SSSR count). The number of anilines is 1. The van der Waals surface area contributed by atoms with Gasteiger partial charge in [0.2, 0.25) is 5.65 Å². The maximum Gasteiger partial charge on any atom is 0.202 e. The number of H-pyrrole nitrogens is 1. The number of fused-ring (bicyclic) bond motifs is 4. The zero-order chi connectivity index (χ0) is 21.3. The Morgan fingerprint density at radius 2 is 2.00 bits per heavy atom. The molecule has 1 unspecified atom stereocenters. The number of hydrogen-bond donors (Lipinski definition) is 3. The maximum absolute atomic E-state index is 10.1. The van der Waals surface area contributed by atoms with Gasteiger partial charge >= 0.3 is 0 Å². The minimum absolute atomic E-state index is 0.189. The van der Waals surface area contributed by atoms with Gasteiger partial charge in [0.1, 0.15) is 11.2 Å². The van der Waals surface area contributed by atoms with Crippen LogP contribution in [0.15, 0.2) is 12.1 Å². The lowest BCUT2D eigenvalue weighted by molar-refractivity contribution is 0.276. The van der Waals surface area contributed by atoms with E-state index in [4.69, 9.17) is 27.3 Å². The van der Waals surface area contributed by atoms with Gasteiger partial charge < -0.3 is 15.7 Å². The first-order chi connectivity index (χ1) is 15.0. The Hall–Kier alpha value is -2.33. The lowest BCUT2D eigenvalue weighted by Gasteiger charge is -2.39. The van der Waals surface area contributed by atoms with Crippen LogP contribution in [0.2, 0.25) is 5.02 Å². The van der Waals surface area contributed by atoms with Crippen molar-refractivity contribution in [2.45, 2.75) is 57.3 Å². The van der Waals surface area contributed by atoms with E-state index in [0.717, 1.165) is 52.3 Å². The third-order valence-electron chi connectivity index (χ3n) is 6.48. The fraction of sp³-hybridized carbons (Fsp3) is 0.429. The topological polar surface area (TPSA) is 117 Å². The van der Waals surface area contributed by atoms with E-state index < -0.39 is 0 Å². The zero-order valence-corrected chi connectivity index (χ0v) is 18.5. The second kappa shape index (κ2) is 7.09. The molecule has 0 spiro atoms. The number of nitrogens with one attached hydrogen (secondary N) is 1. The molecule has 0 aliphatic carbocycles. The highest BCUT2D eigenvalue weighted by Crippen LogP contribution is 2.41. The fourth-order valence-electron chi connectivity index (χ4n) is 5.19. The van der Waals surface area contributed by atoms with E-state index in [1.165, 1.54) is 0 Å². The van der Waals surface area contributed by atoms with Crippen LogP contribution in [0.1, 0.15) is 36.4 Å². The Balaban J connectivity index is 1.49. The van der Waals surface area contributed by atoms with Gasteiger partial charge in [0, 0.05) is 23.7 Å². The van der Waals surface area contributed by atoms with E-state index in [-0.39, 0.29) is 12.6 Å². The third-order valence-corrected chi connectivity index (χ3v) is 7.98. The van der Waals surface area contributed by atoms with E-state index in [1.807, 2.05) is 19.1 Å². The molecule has 4 N–H and O–H groups in total. The molecule has 2 bridgehead atoms. The van der Waals surface area contributed by atoms with Crippen molar-refractivity contribution in [3.63, 3.8) is 0 Å². The summed E-state index contributed by atoms with van der Waals surface area (Å²) in [7, 11) is 0. The zero-order valence-electron chi connectivity index (χ0n) is 17.0. The van der Waals surface area contributed by atoms with E-state index in [1.54, 1.807) is 11.3 Å². The van der Waals surface area contributed by atoms with Crippen LogP contribution >= 0.6 is 22.9 Å². The number of thiazole rings is 1. The lowest BCUT2D eigenvalue weighted by Crippen LogP contribution is -2.48. The molecule has 2 fully saturated rings. The minimum Gasteiger partial charge on any atom is -0.390 e. The summed E-state index contributed by atoms with van der Waals surface area (Å²) in [6.45, 7) is 1.78. The van der Waals surface area contributed by atoms with E-state index in [9.17, 15) is 5.11 Å². The van der Waals surface area contributed by atoms with Crippen LogP contribution in [0, 0.1) is 6.92 Å².